The van der Waals surface area contributed by atoms with Crippen LogP contribution in [0.5, 0.6) is 0 Å². The predicted molar refractivity (Wildman–Crippen MR) is 77.3 cm³/mol. The molecule has 0 aliphatic carbocycles. The Morgan fingerprint density at radius 1 is 1.30 bits per heavy atom. The van der Waals surface area contributed by atoms with Gasteiger partial charge in [-0.05, 0) is 30.3 Å². The van der Waals surface area contributed by atoms with Crippen molar-refractivity contribution >= 4 is 23.1 Å². The van der Waals surface area contributed by atoms with Crippen LogP contribution in [0.2, 0.25) is 0 Å². The van der Waals surface area contributed by atoms with E-state index in [-0.39, 0.29) is 11.7 Å². The molecule has 1 heterocycles. The van der Waals surface area contributed by atoms with E-state index in [0.717, 1.165) is 0 Å². The Balaban J connectivity index is 2.31. The van der Waals surface area contributed by atoms with E-state index in [9.17, 15) is 9.18 Å². The van der Waals surface area contributed by atoms with Crippen LogP contribution < -0.4 is 16.0 Å². The minimum absolute atomic E-state index is 0.155. The number of nitrogens with zero attached hydrogens (tertiary/aromatic N) is 2. The number of anilines is 3. The van der Waals surface area contributed by atoms with Gasteiger partial charge in [0, 0.05) is 25.5 Å². The maximum absolute atomic E-state index is 13.0. The third kappa shape index (κ3) is 3.03. The molecule has 1 aromatic heterocycles. The van der Waals surface area contributed by atoms with Crippen molar-refractivity contribution < 1.29 is 9.18 Å². The van der Waals surface area contributed by atoms with Crippen molar-refractivity contribution in [2.45, 2.75) is 0 Å². The van der Waals surface area contributed by atoms with Crippen molar-refractivity contribution in [1.29, 1.82) is 0 Å². The minimum atomic E-state index is -0.650. The van der Waals surface area contributed by atoms with Gasteiger partial charge in [-0.2, -0.15) is 4.39 Å². The van der Waals surface area contributed by atoms with Crippen LogP contribution in [0.15, 0.2) is 36.4 Å². The lowest BCUT2D eigenvalue weighted by Crippen LogP contribution is -2.19. The molecule has 20 heavy (non-hydrogen) atoms. The molecule has 3 N–H and O–H groups in total. The van der Waals surface area contributed by atoms with Gasteiger partial charge in [-0.3, -0.25) is 4.79 Å². The van der Waals surface area contributed by atoms with Crippen molar-refractivity contribution in [3.05, 3.63) is 47.9 Å². The number of hydrogen-bond acceptors (Lipinski definition) is 4. The molecule has 0 spiro atoms. The fourth-order valence-corrected chi connectivity index (χ4v) is 1.79. The van der Waals surface area contributed by atoms with Crippen LogP contribution in [-0.2, 0) is 0 Å². The molecule has 5 nitrogen and oxygen atoms in total. The van der Waals surface area contributed by atoms with Gasteiger partial charge in [-0.15, -0.1) is 0 Å². The van der Waals surface area contributed by atoms with Gasteiger partial charge >= 0.3 is 0 Å². The summed E-state index contributed by atoms with van der Waals surface area (Å²) in [5, 5.41) is 2.55. The van der Waals surface area contributed by atoms with Gasteiger partial charge in [0.1, 0.15) is 5.82 Å². The molecule has 0 atom stereocenters. The highest BCUT2D eigenvalue weighted by Gasteiger charge is 2.14. The summed E-state index contributed by atoms with van der Waals surface area (Å²) in [6.07, 6.45) is 0. The summed E-state index contributed by atoms with van der Waals surface area (Å²) >= 11 is 0. The van der Waals surface area contributed by atoms with Crippen molar-refractivity contribution in [3.63, 3.8) is 0 Å². The summed E-state index contributed by atoms with van der Waals surface area (Å²) < 4.78 is 13.0. The summed E-state index contributed by atoms with van der Waals surface area (Å²) in [4.78, 5) is 17.6. The Hall–Kier alpha value is -2.63. The fourth-order valence-electron chi connectivity index (χ4n) is 1.79. The maximum Gasteiger partial charge on any atom is 0.258 e. The van der Waals surface area contributed by atoms with Crippen molar-refractivity contribution in [1.82, 2.24) is 4.98 Å². The average molecular weight is 274 g/mol. The number of carbonyl (C=O) groups excluding carboxylic acids is 1. The molecule has 1 aromatic carbocycles. The fraction of sp³-hybridized carbons (Fsp3) is 0.143. The van der Waals surface area contributed by atoms with E-state index >= 15 is 0 Å². The Kier molecular flexibility index (Phi) is 3.84. The number of amides is 1. The zero-order valence-electron chi connectivity index (χ0n) is 11.2. The second-order valence-electron chi connectivity index (χ2n) is 4.47. The molecule has 104 valence electrons. The first-order chi connectivity index (χ1) is 9.47. The molecule has 0 bridgehead atoms. The molecular formula is C14H15FN4O. The summed E-state index contributed by atoms with van der Waals surface area (Å²) in [6, 6.07) is 9.24. The second kappa shape index (κ2) is 5.56. The van der Waals surface area contributed by atoms with E-state index in [2.05, 4.69) is 10.3 Å². The Morgan fingerprint density at radius 3 is 2.70 bits per heavy atom. The number of halogens is 1. The van der Waals surface area contributed by atoms with Gasteiger partial charge in [-0.25, -0.2) is 4.98 Å². The Labute approximate surface area is 116 Å². The number of hydrogen-bond donors (Lipinski definition) is 2. The second-order valence-corrected chi connectivity index (χ2v) is 4.47. The van der Waals surface area contributed by atoms with E-state index in [4.69, 9.17) is 5.73 Å². The lowest BCUT2D eigenvalue weighted by atomic mass is 10.1. The summed E-state index contributed by atoms with van der Waals surface area (Å²) in [5.41, 5.74) is 7.31. The van der Waals surface area contributed by atoms with Crippen LogP contribution in [0.25, 0.3) is 0 Å². The molecule has 0 unspecified atom stereocenters. The van der Waals surface area contributed by atoms with Crippen molar-refractivity contribution in [2.24, 2.45) is 0 Å². The number of benzene rings is 1. The number of rotatable bonds is 3. The number of nitrogen functional groups attached to an aromatic ring is 1. The lowest BCUT2D eigenvalue weighted by molar-refractivity contribution is 0.102. The van der Waals surface area contributed by atoms with Crippen LogP contribution in [0.1, 0.15) is 10.4 Å². The standard InChI is InChI=1S/C14H15FN4O/c1-19(2)11-7-6-9(16)8-10(11)14(20)18-13-5-3-4-12(15)17-13/h3-8H,16H2,1-2H3,(H,17,18,20). The lowest BCUT2D eigenvalue weighted by Gasteiger charge is -2.17. The topological polar surface area (TPSA) is 71.2 Å². The van der Waals surface area contributed by atoms with Crippen LogP contribution in [-0.4, -0.2) is 25.0 Å². The third-order valence-corrected chi connectivity index (χ3v) is 2.70. The first-order valence-electron chi connectivity index (χ1n) is 5.98. The monoisotopic (exact) mass is 274 g/mol. The molecule has 2 aromatic rings. The summed E-state index contributed by atoms with van der Waals surface area (Å²) in [6.45, 7) is 0. The van der Waals surface area contributed by atoms with Crippen molar-refractivity contribution in [2.75, 3.05) is 30.0 Å². The number of nitrogens with one attached hydrogen (secondary N) is 1. The molecule has 0 radical (unpaired) electrons. The van der Waals surface area contributed by atoms with E-state index in [1.165, 1.54) is 18.2 Å². The maximum atomic E-state index is 13.0. The van der Waals surface area contributed by atoms with Crippen LogP contribution in [0.3, 0.4) is 0 Å². The molecule has 0 fully saturated rings. The van der Waals surface area contributed by atoms with Gasteiger partial charge < -0.3 is 16.0 Å². The highest BCUT2D eigenvalue weighted by atomic mass is 19.1. The first-order valence-corrected chi connectivity index (χ1v) is 5.98. The van der Waals surface area contributed by atoms with Gasteiger partial charge in [0.25, 0.3) is 5.91 Å². The quantitative estimate of drug-likeness (QED) is 0.664. The Morgan fingerprint density at radius 2 is 2.05 bits per heavy atom. The average Bonchev–Trinajstić information content (AvgIpc) is 2.38. The molecule has 0 aliphatic heterocycles. The highest BCUT2D eigenvalue weighted by Crippen LogP contribution is 2.22. The molecule has 2 rings (SSSR count). The largest absolute Gasteiger partial charge is 0.399 e. The van der Waals surface area contributed by atoms with Gasteiger partial charge in [0.2, 0.25) is 5.95 Å². The van der Waals surface area contributed by atoms with E-state index in [0.29, 0.717) is 16.9 Å². The Bertz CT molecular complexity index is 643. The number of pyridine rings is 1. The van der Waals surface area contributed by atoms with Crippen molar-refractivity contribution in [3.8, 4) is 0 Å². The molecular weight excluding hydrogens is 259 g/mol. The summed E-state index contributed by atoms with van der Waals surface area (Å²) in [7, 11) is 3.64. The van der Waals surface area contributed by atoms with Gasteiger partial charge in [0.15, 0.2) is 0 Å². The highest BCUT2D eigenvalue weighted by molar-refractivity contribution is 6.08. The van der Waals surface area contributed by atoms with E-state index in [1.54, 1.807) is 23.1 Å². The SMILES string of the molecule is CN(C)c1ccc(N)cc1C(=O)Nc1cccc(F)n1. The van der Waals surface area contributed by atoms with E-state index < -0.39 is 5.95 Å². The summed E-state index contributed by atoms with van der Waals surface area (Å²) in [5.74, 6) is -0.885. The number of aromatic nitrogens is 1. The zero-order chi connectivity index (χ0) is 14.7. The van der Waals surface area contributed by atoms with Crippen LogP contribution in [0, 0.1) is 5.95 Å². The molecule has 0 saturated carbocycles. The predicted octanol–water partition coefficient (Wildman–Crippen LogP) is 2.12. The van der Waals surface area contributed by atoms with Gasteiger partial charge in [0.05, 0.1) is 5.56 Å². The molecule has 0 aliphatic rings. The molecule has 1 amide bonds. The zero-order valence-corrected chi connectivity index (χ0v) is 11.2. The minimum Gasteiger partial charge on any atom is -0.399 e. The van der Waals surface area contributed by atoms with Crippen LogP contribution >= 0.6 is 0 Å². The van der Waals surface area contributed by atoms with E-state index in [1.807, 2.05) is 14.1 Å². The number of carbonyl (C=O) groups is 1. The van der Waals surface area contributed by atoms with Crippen LogP contribution in [0.4, 0.5) is 21.6 Å². The first kappa shape index (κ1) is 13.8. The molecule has 0 saturated heterocycles. The molecule has 6 heteroatoms. The normalized spacial score (nSPS) is 10.2. The number of nitrogens with two attached hydrogens (primary N) is 1. The smallest absolute Gasteiger partial charge is 0.258 e. The third-order valence-electron chi connectivity index (χ3n) is 2.70. The van der Waals surface area contributed by atoms with Gasteiger partial charge in [-0.1, -0.05) is 6.07 Å².